The number of methoxy groups -OCH3 is 1. The van der Waals surface area contributed by atoms with E-state index in [0.29, 0.717) is 16.1 Å². The third-order valence-corrected chi connectivity index (χ3v) is 6.47. The third kappa shape index (κ3) is 6.64. The molecule has 10 nitrogen and oxygen atoms in total. The second kappa shape index (κ2) is 11.6. The van der Waals surface area contributed by atoms with Gasteiger partial charge in [-0.05, 0) is 36.8 Å². The summed E-state index contributed by atoms with van der Waals surface area (Å²) in [5.41, 5.74) is 1.71. The summed E-state index contributed by atoms with van der Waals surface area (Å²) in [7, 11) is 1.60. The SMILES string of the molecule is COc1ccc(CC(=O)NCc2nnc(SCC(=O)Nc3nnc(C)s3)n2-c2ccccc2)cc1. The van der Waals surface area contributed by atoms with Crippen LogP contribution in [0, 0.1) is 6.92 Å². The van der Waals surface area contributed by atoms with Crippen LogP contribution < -0.4 is 15.4 Å². The van der Waals surface area contributed by atoms with Crippen molar-refractivity contribution in [3.63, 3.8) is 0 Å². The molecule has 2 N–H and O–H groups in total. The summed E-state index contributed by atoms with van der Waals surface area (Å²) in [6.07, 6.45) is 0.232. The van der Waals surface area contributed by atoms with Crippen LogP contribution in [0.5, 0.6) is 5.75 Å². The standard InChI is InChI=1S/C23H23N7O3S2/c1-15-26-28-22(35-15)25-21(32)14-34-23-29-27-19(30(23)17-6-4-3-5-7-17)13-24-20(31)12-16-8-10-18(33-2)11-9-16/h3-11H,12-14H2,1-2H3,(H,24,31)(H,25,28,32). The number of nitrogens with one attached hydrogen (secondary N) is 2. The topological polar surface area (TPSA) is 124 Å². The summed E-state index contributed by atoms with van der Waals surface area (Å²) >= 11 is 2.56. The van der Waals surface area contributed by atoms with Crippen LogP contribution in [-0.2, 0) is 22.6 Å². The number of thioether (sulfide) groups is 1. The maximum atomic E-state index is 12.5. The second-order valence-electron chi connectivity index (χ2n) is 7.33. The lowest BCUT2D eigenvalue weighted by Crippen LogP contribution is -2.26. The lowest BCUT2D eigenvalue weighted by Gasteiger charge is -2.11. The van der Waals surface area contributed by atoms with Gasteiger partial charge < -0.3 is 10.1 Å². The number of carbonyl (C=O) groups is 2. The van der Waals surface area contributed by atoms with Gasteiger partial charge in [0.15, 0.2) is 11.0 Å². The number of hydrogen-bond donors (Lipinski definition) is 2. The highest BCUT2D eigenvalue weighted by molar-refractivity contribution is 7.99. The predicted molar refractivity (Wildman–Crippen MR) is 134 cm³/mol. The van der Waals surface area contributed by atoms with Gasteiger partial charge in [-0.15, -0.1) is 20.4 Å². The minimum atomic E-state index is -0.219. The number of nitrogens with zero attached hydrogens (tertiary/aromatic N) is 5. The Morgan fingerprint density at radius 3 is 2.46 bits per heavy atom. The van der Waals surface area contributed by atoms with Crippen molar-refractivity contribution >= 4 is 40.0 Å². The summed E-state index contributed by atoms with van der Waals surface area (Å²) in [5, 5.41) is 23.7. The van der Waals surface area contributed by atoms with Gasteiger partial charge in [-0.2, -0.15) is 0 Å². The van der Waals surface area contributed by atoms with Gasteiger partial charge in [-0.3, -0.25) is 19.5 Å². The fourth-order valence-electron chi connectivity index (χ4n) is 3.15. The van der Waals surface area contributed by atoms with E-state index in [1.807, 2.05) is 66.1 Å². The van der Waals surface area contributed by atoms with Gasteiger partial charge in [0.25, 0.3) is 0 Å². The van der Waals surface area contributed by atoms with Crippen molar-refractivity contribution in [1.29, 1.82) is 0 Å². The van der Waals surface area contributed by atoms with Gasteiger partial charge in [0.1, 0.15) is 10.8 Å². The number of anilines is 1. The van der Waals surface area contributed by atoms with Crippen molar-refractivity contribution in [2.45, 2.75) is 25.0 Å². The minimum absolute atomic E-state index is 0.118. The maximum Gasteiger partial charge on any atom is 0.236 e. The Bertz CT molecular complexity index is 1290. The number of para-hydroxylation sites is 1. The molecule has 0 saturated heterocycles. The summed E-state index contributed by atoms with van der Waals surface area (Å²) < 4.78 is 6.99. The minimum Gasteiger partial charge on any atom is -0.497 e. The smallest absolute Gasteiger partial charge is 0.236 e. The number of aromatic nitrogens is 5. The highest BCUT2D eigenvalue weighted by atomic mass is 32.2. The van der Waals surface area contributed by atoms with Crippen LogP contribution in [0.25, 0.3) is 5.69 Å². The largest absolute Gasteiger partial charge is 0.497 e. The molecule has 4 rings (SSSR count). The molecule has 0 fully saturated rings. The second-order valence-corrected chi connectivity index (χ2v) is 9.46. The molecule has 0 saturated carbocycles. The van der Waals surface area contributed by atoms with Crippen LogP contribution in [0.3, 0.4) is 0 Å². The van der Waals surface area contributed by atoms with E-state index < -0.39 is 0 Å². The van der Waals surface area contributed by atoms with Gasteiger partial charge in [0, 0.05) is 5.69 Å². The van der Waals surface area contributed by atoms with E-state index in [9.17, 15) is 9.59 Å². The van der Waals surface area contributed by atoms with Crippen molar-refractivity contribution in [3.8, 4) is 11.4 Å². The zero-order valence-electron chi connectivity index (χ0n) is 19.1. The molecule has 0 atom stereocenters. The molecule has 0 radical (unpaired) electrons. The highest BCUT2D eigenvalue weighted by Gasteiger charge is 2.17. The molecule has 0 unspecified atom stereocenters. The van der Waals surface area contributed by atoms with E-state index in [2.05, 4.69) is 31.0 Å². The summed E-state index contributed by atoms with van der Waals surface area (Å²) in [4.78, 5) is 24.9. The van der Waals surface area contributed by atoms with Gasteiger partial charge in [-0.25, -0.2) is 0 Å². The van der Waals surface area contributed by atoms with Crippen LogP contribution in [0.15, 0.2) is 59.8 Å². The van der Waals surface area contributed by atoms with E-state index >= 15 is 0 Å². The van der Waals surface area contributed by atoms with E-state index in [4.69, 9.17) is 4.74 Å². The molecule has 0 spiro atoms. The Morgan fingerprint density at radius 1 is 1.00 bits per heavy atom. The average Bonchev–Trinajstić information content (AvgIpc) is 3.47. The molecule has 35 heavy (non-hydrogen) atoms. The Hall–Kier alpha value is -3.77. The van der Waals surface area contributed by atoms with Crippen molar-refractivity contribution in [3.05, 3.63) is 71.0 Å². The molecule has 0 aliphatic carbocycles. The van der Waals surface area contributed by atoms with Gasteiger partial charge >= 0.3 is 0 Å². The van der Waals surface area contributed by atoms with Crippen molar-refractivity contribution < 1.29 is 14.3 Å². The van der Waals surface area contributed by atoms with Gasteiger partial charge in [0.05, 0.1) is 25.8 Å². The molecule has 2 aromatic heterocycles. The number of hydrogen-bond acceptors (Lipinski definition) is 9. The quantitative estimate of drug-likeness (QED) is 0.313. The molecular formula is C23H23N7O3S2. The van der Waals surface area contributed by atoms with Crippen LogP contribution in [-0.4, -0.2) is 49.6 Å². The molecule has 12 heteroatoms. The number of carbonyl (C=O) groups excluding carboxylic acids is 2. The first-order valence-corrected chi connectivity index (χ1v) is 12.4. The molecule has 4 aromatic rings. The Kier molecular flexibility index (Phi) is 8.06. The zero-order chi connectivity index (χ0) is 24.6. The molecule has 180 valence electrons. The van der Waals surface area contributed by atoms with Crippen LogP contribution in [0.2, 0.25) is 0 Å². The van der Waals surface area contributed by atoms with E-state index in [1.165, 1.54) is 23.1 Å². The highest BCUT2D eigenvalue weighted by Crippen LogP contribution is 2.23. The monoisotopic (exact) mass is 509 g/mol. The summed E-state index contributed by atoms with van der Waals surface area (Å²) in [6.45, 7) is 2.01. The van der Waals surface area contributed by atoms with Gasteiger partial charge in [-0.1, -0.05) is 53.4 Å². The third-order valence-electron chi connectivity index (χ3n) is 4.79. The summed E-state index contributed by atoms with van der Waals surface area (Å²) in [6, 6.07) is 16.9. The number of benzene rings is 2. The van der Waals surface area contributed by atoms with E-state index in [-0.39, 0.29) is 30.5 Å². The molecule has 0 bridgehead atoms. The number of aryl methyl sites for hydroxylation is 1. The number of rotatable bonds is 10. The molecule has 2 aromatic carbocycles. The molecular weight excluding hydrogens is 486 g/mol. The number of amides is 2. The first-order valence-electron chi connectivity index (χ1n) is 10.6. The normalized spacial score (nSPS) is 10.7. The van der Waals surface area contributed by atoms with Crippen LogP contribution >= 0.6 is 23.1 Å². The van der Waals surface area contributed by atoms with E-state index in [0.717, 1.165) is 22.0 Å². The van der Waals surface area contributed by atoms with Crippen molar-refractivity contribution in [2.75, 3.05) is 18.2 Å². The fourth-order valence-corrected chi connectivity index (χ4v) is 4.52. The maximum absolute atomic E-state index is 12.5. The summed E-state index contributed by atoms with van der Waals surface area (Å²) in [5.74, 6) is 1.05. The van der Waals surface area contributed by atoms with Crippen LogP contribution in [0.4, 0.5) is 5.13 Å². The molecule has 0 aliphatic rings. The first kappa shape index (κ1) is 24.4. The lowest BCUT2D eigenvalue weighted by atomic mass is 10.1. The van der Waals surface area contributed by atoms with E-state index in [1.54, 1.807) is 7.11 Å². The van der Waals surface area contributed by atoms with Crippen LogP contribution in [0.1, 0.15) is 16.4 Å². The van der Waals surface area contributed by atoms with Crippen molar-refractivity contribution in [2.24, 2.45) is 0 Å². The average molecular weight is 510 g/mol. The Balaban J connectivity index is 1.42. The lowest BCUT2D eigenvalue weighted by molar-refractivity contribution is -0.120. The first-order chi connectivity index (χ1) is 17.0. The fraction of sp³-hybridized carbons (Fsp3) is 0.217. The Morgan fingerprint density at radius 2 is 1.77 bits per heavy atom. The van der Waals surface area contributed by atoms with Crippen molar-refractivity contribution in [1.82, 2.24) is 30.3 Å². The Labute approximate surface area is 210 Å². The molecule has 0 aliphatic heterocycles. The number of ether oxygens (including phenoxy) is 1. The predicted octanol–water partition coefficient (Wildman–Crippen LogP) is 3.03. The molecule has 2 amide bonds. The van der Waals surface area contributed by atoms with Gasteiger partial charge in [0.2, 0.25) is 16.9 Å². The molecule has 2 heterocycles. The zero-order valence-corrected chi connectivity index (χ0v) is 20.7.